The molecule has 0 unspecified atom stereocenters. The summed E-state index contributed by atoms with van der Waals surface area (Å²) in [6, 6.07) is 21.1. The number of carbonyl (C=O) groups excluding carboxylic acids is 1. The maximum atomic E-state index is 12.6. The standard InChI is InChI=1S/C26H24BrN5O4S/c1-34-21-14-9-18(23(35-2)24(21)36-3)15-28-29-22(33)16-37-26-31-30-25(17-7-5-4-6-8-17)32(26)20-12-10-19(27)11-13-20/h4-15H,16H2,1-3H3,(H,29,33)/b28-15+. The Kier molecular flexibility index (Phi) is 8.81. The Morgan fingerprint density at radius 1 is 0.973 bits per heavy atom. The van der Waals surface area contributed by atoms with E-state index in [1.54, 1.807) is 19.2 Å². The van der Waals surface area contributed by atoms with Gasteiger partial charge in [-0.05, 0) is 36.4 Å². The van der Waals surface area contributed by atoms with Gasteiger partial charge in [0.2, 0.25) is 5.75 Å². The van der Waals surface area contributed by atoms with Gasteiger partial charge in [0, 0.05) is 21.3 Å². The number of thioether (sulfide) groups is 1. The van der Waals surface area contributed by atoms with Gasteiger partial charge in [-0.1, -0.05) is 58.0 Å². The molecule has 3 aromatic carbocycles. The number of hydrazone groups is 1. The minimum absolute atomic E-state index is 0.0872. The van der Waals surface area contributed by atoms with E-state index in [1.807, 2.05) is 59.2 Å². The van der Waals surface area contributed by atoms with E-state index in [1.165, 1.54) is 32.2 Å². The van der Waals surface area contributed by atoms with Crippen molar-refractivity contribution in [2.75, 3.05) is 27.1 Å². The molecular weight excluding hydrogens is 558 g/mol. The Morgan fingerprint density at radius 3 is 2.38 bits per heavy atom. The Labute approximate surface area is 227 Å². The van der Waals surface area contributed by atoms with E-state index in [-0.39, 0.29) is 11.7 Å². The smallest absolute Gasteiger partial charge is 0.250 e. The zero-order chi connectivity index (χ0) is 26.2. The lowest BCUT2D eigenvalue weighted by molar-refractivity contribution is -0.118. The second kappa shape index (κ2) is 12.4. The van der Waals surface area contributed by atoms with Crippen LogP contribution in [0.5, 0.6) is 17.2 Å². The van der Waals surface area contributed by atoms with Crippen molar-refractivity contribution in [2.45, 2.75) is 5.16 Å². The normalized spacial score (nSPS) is 10.9. The van der Waals surface area contributed by atoms with Crippen LogP contribution in [0, 0.1) is 0 Å². The number of nitrogens with one attached hydrogen (secondary N) is 1. The average molecular weight is 582 g/mol. The van der Waals surface area contributed by atoms with E-state index in [4.69, 9.17) is 14.2 Å². The third-order valence-corrected chi connectivity index (χ3v) is 6.67. The van der Waals surface area contributed by atoms with Crippen LogP contribution >= 0.6 is 27.7 Å². The lowest BCUT2D eigenvalue weighted by Gasteiger charge is -2.13. The highest BCUT2D eigenvalue weighted by Gasteiger charge is 2.18. The van der Waals surface area contributed by atoms with Crippen molar-refractivity contribution in [2.24, 2.45) is 5.10 Å². The van der Waals surface area contributed by atoms with Crippen LogP contribution < -0.4 is 19.6 Å². The molecule has 0 aliphatic carbocycles. The molecule has 1 aromatic heterocycles. The second-order valence-corrected chi connectivity index (χ2v) is 9.35. The van der Waals surface area contributed by atoms with Gasteiger partial charge >= 0.3 is 0 Å². The fourth-order valence-electron chi connectivity index (χ4n) is 3.52. The predicted molar refractivity (Wildman–Crippen MR) is 147 cm³/mol. The minimum atomic E-state index is -0.299. The minimum Gasteiger partial charge on any atom is -0.493 e. The van der Waals surface area contributed by atoms with E-state index in [9.17, 15) is 4.79 Å². The highest BCUT2D eigenvalue weighted by Crippen LogP contribution is 2.39. The molecule has 11 heteroatoms. The number of hydrogen-bond acceptors (Lipinski definition) is 8. The molecule has 1 heterocycles. The van der Waals surface area contributed by atoms with Gasteiger partial charge < -0.3 is 14.2 Å². The Hall–Kier alpha value is -3.83. The van der Waals surface area contributed by atoms with Crippen LogP contribution in [-0.4, -0.2) is 54.0 Å². The quantitative estimate of drug-likeness (QED) is 0.160. The molecule has 190 valence electrons. The van der Waals surface area contributed by atoms with Crippen molar-refractivity contribution < 1.29 is 19.0 Å². The fraction of sp³-hybridized carbons (Fsp3) is 0.154. The molecule has 37 heavy (non-hydrogen) atoms. The molecule has 4 rings (SSSR count). The highest BCUT2D eigenvalue weighted by molar-refractivity contribution is 9.10. The van der Waals surface area contributed by atoms with Crippen LogP contribution in [0.2, 0.25) is 0 Å². The number of benzene rings is 3. The van der Waals surface area contributed by atoms with Gasteiger partial charge in [0.1, 0.15) is 0 Å². The molecule has 0 aliphatic rings. The Bertz CT molecular complexity index is 1390. The molecule has 0 bridgehead atoms. The SMILES string of the molecule is COc1ccc(/C=N/NC(=O)CSc2nnc(-c3ccccc3)n2-c2ccc(Br)cc2)c(OC)c1OC. The second-order valence-electron chi connectivity index (χ2n) is 7.49. The molecule has 0 saturated carbocycles. The van der Waals surface area contributed by atoms with Crippen molar-refractivity contribution in [3.63, 3.8) is 0 Å². The molecule has 0 saturated heterocycles. The zero-order valence-corrected chi connectivity index (χ0v) is 22.7. The zero-order valence-electron chi connectivity index (χ0n) is 20.3. The average Bonchev–Trinajstić information content (AvgIpc) is 3.36. The third-order valence-electron chi connectivity index (χ3n) is 5.21. The van der Waals surface area contributed by atoms with E-state index in [2.05, 4.69) is 36.7 Å². The summed E-state index contributed by atoms with van der Waals surface area (Å²) in [5.74, 6) is 1.89. The molecule has 0 spiro atoms. The van der Waals surface area contributed by atoms with Gasteiger partial charge in [-0.15, -0.1) is 10.2 Å². The van der Waals surface area contributed by atoms with Crippen LogP contribution in [0.1, 0.15) is 5.56 Å². The summed E-state index contributed by atoms with van der Waals surface area (Å²) in [5, 5.41) is 13.4. The van der Waals surface area contributed by atoms with Gasteiger partial charge in [0.25, 0.3) is 5.91 Å². The molecule has 9 nitrogen and oxygen atoms in total. The molecule has 1 amide bonds. The number of nitrogens with zero attached hydrogens (tertiary/aromatic N) is 4. The summed E-state index contributed by atoms with van der Waals surface area (Å²) >= 11 is 4.74. The number of aromatic nitrogens is 3. The van der Waals surface area contributed by atoms with Crippen LogP contribution in [0.4, 0.5) is 0 Å². The monoisotopic (exact) mass is 581 g/mol. The fourth-order valence-corrected chi connectivity index (χ4v) is 4.53. The van der Waals surface area contributed by atoms with Crippen molar-refractivity contribution in [3.8, 4) is 34.3 Å². The van der Waals surface area contributed by atoms with E-state index in [0.717, 1.165) is 15.7 Å². The lowest BCUT2D eigenvalue weighted by Crippen LogP contribution is -2.20. The number of hydrogen-bond donors (Lipinski definition) is 1. The first-order chi connectivity index (χ1) is 18.0. The van der Waals surface area contributed by atoms with E-state index >= 15 is 0 Å². The predicted octanol–water partition coefficient (Wildman–Crippen LogP) is 4.97. The topological polar surface area (TPSA) is 99.9 Å². The van der Waals surface area contributed by atoms with Gasteiger partial charge in [-0.2, -0.15) is 5.10 Å². The summed E-state index contributed by atoms with van der Waals surface area (Å²) in [4.78, 5) is 12.6. The molecule has 0 aliphatic heterocycles. The molecule has 0 atom stereocenters. The molecular formula is C26H24BrN5O4S. The third kappa shape index (κ3) is 6.12. The number of carbonyl (C=O) groups is 1. The van der Waals surface area contributed by atoms with Gasteiger partial charge in [-0.25, -0.2) is 5.43 Å². The largest absolute Gasteiger partial charge is 0.493 e. The summed E-state index contributed by atoms with van der Waals surface area (Å²) < 4.78 is 19.0. The van der Waals surface area contributed by atoms with Crippen molar-refractivity contribution in [1.29, 1.82) is 0 Å². The molecule has 0 radical (unpaired) electrons. The number of amides is 1. The Balaban J connectivity index is 1.49. The van der Waals surface area contributed by atoms with Crippen molar-refractivity contribution in [3.05, 3.63) is 76.8 Å². The van der Waals surface area contributed by atoms with Gasteiger partial charge in [0.05, 0.1) is 33.3 Å². The number of methoxy groups -OCH3 is 3. The highest BCUT2D eigenvalue weighted by atomic mass is 79.9. The number of rotatable bonds is 10. The summed E-state index contributed by atoms with van der Waals surface area (Å²) in [7, 11) is 4.59. The molecule has 1 N–H and O–H groups in total. The van der Waals surface area contributed by atoms with Crippen LogP contribution in [0.15, 0.2) is 81.5 Å². The van der Waals surface area contributed by atoms with E-state index < -0.39 is 0 Å². The summed E-state index contributed by atoms with van der Waals surface area (Å²) in [6.07, 6.45) is 1.49. The van der Waals surface area contributed by atoms with Gasteiger partial charge in [0.15, 0.2) is 22.5 Å². The summed E-state index contributed by atoms with van der Waals surface area (Å²) in [5.41, 5.74) is 4.97. The lowest BCUT2D eigenvalue weighted by atomic mass is 10.2. The van der Waals surface area contributed by atoms with E-state index in [0.29, 0.717) is 33.8 Å². The first-order valence-corrected chi connectivity index (χ1v) is 12.8. The maximum absolute atomic E-state index is 12.6. The number of halogens is 1. The van der Waals surface area contributed by atoms with Crippen LogP contribution in [-0.2, 0) is 4.79 Å². The first-order valence-electron chi connectivity index (χ1n) is 11.1. The first kappa shape index (κ1) is 26.2. The van der Waals surface area contributed by atoms with Crippen LogP contribution in [0.3, 0.4) is 0 Å². The maximum Gasteiger partial charge on any atom is 0.250 e. The Morgan fingerprint density at radius 2 is 1.70 bits per heavy atom. The van der Waals surface area contributed by atoms with Crippen molar-refractivity contribution in [1.82, 2.24) is 20.2 Å². The van der Waals surface area contributed by atoms with Gasteiger partial charge in [-0.3, -0.25) is 9.36 Å². The number of ether oxygens (including phenoxy) is 3. The molecule has 4 aromatic rings. The van der Waals surface area contributed by atoms with Crippen molar-refractivity contribution >= 4 is 39.8 Å². The summed E-state index contributed by atoms with van der Waals surface area (Å²) in [6.45, 7) is 0. The molecule has 0 fully saturated rings. The van der Waals surface area contributed by atoms with Crippen LogP contribution in [0.25, 0.3) is 17.1 Å².